The maximum absolute atomic E-state index is 12.6. The van der Waals surface area contributed by atoms with Crippen molar-refractivity contribution in [3.05, 3.63) is 35.4 Å². The third-order valence-electron chi connectivity index (χ3n) is 4.61. The lowest BCUT2D eigenvalue weighted by Crippen LogP contribution is -2.64. The topological polar surface area (TPSA) is 40.5 Å². The largest absolute Gasteiger partial charge is 0.386 e. The average Bonchev–Trinajstić information content (AvgIpc) is 2.42. The van der Waals surface area contributed by atoms with Gasteiger partial charge in [0.2, 0.25) is 5.91 Å². The van der Waals surface area contributed by atoms with E-state index in [2.05, 4.69) is 12.1 Å². The van der Waals surface area contributed by atoms with E-state index in [-0.39, 0.29) is 11.8 Å². The molecule has 1 aliphatic heterocycles. The molecule has 1 N–H and O–H groups in total. The number of fused-ring (bicyclic) bond motifs is 1. The van der Waals surface area contributed by atoms with Crippen LogP contribution in [0.5, 0.6) is 0 Å². The molecule has 1 aromatic carbocycles. The SMILES string of the molecule is CCC1(O)CN(C(=O)C2CCCc3ccccc32)C1. The van der Waals surface area contributed by atoms with Gasteiger partial charge < -0.3 is 10.0 Å². The molecule has 0 aromatic heterocycles. The van der Waals surface area contributed by atoms with E-state index in [4.69, 9.17) is 0 Å². The Bertz CT molecular complexity index is 491. The fraction of sp³-hybridized carbons (Fsp3) is 0.562. The molecule has 3 rings (SSSR count). The van der Waals surface area contributed by atoms with E-state index in [0.29, 0.717) is 13.1 Å². The second-order valence-corrected chi connectivity index (χ2v) is 5.92. The van der Waals surface area contributed by atoms with E-state index >= 15 is 0 Å². The quantitative estimate of drug-likeness (QED) is 0.883. The summed E-state index contributed by atoms with van der Waals surface area (Å²) < 4.78 is 0. The van der Waals surface area contributed by atoms with E-state index in [1.165, 1.54) is 11.1 Å². The number of likely N-dealkylation sites (tertiary alicyclic amines) is 1. The molecule has 102 valence electrons. The van der Waals surface area contributed by atoms with Crippen LogP contribution in [0.2, 0.25) is 0 Å². The highest BCUT2D eigenvalue weighted by Gasteiger charge is 2.44. The Kier molecular flexibility index (Phi) is 3.09. The molecule has 0 saturated carbocycles. The van der Waals surface area contributed by atoms with E-state index < -0.39 is 5.60 Å². The van der Waals surface area contributed by atoms with Crippen LogP contribution in [0.1, 0.15) is 43.2 Å². The minimum Gasteiger partial charge on any atom is -0.386 e. The van der Waals surface area contributed by atoms with E-state index in [0.717, 1.165) is 25.7 Å². The van der Waals surface area contributed by atoms with Gasteiger partial charge in [-0.25, -0.2) is 0 Å². The fourth-order valence-corrected chi connectivity index (χ4v) is 3.27. The van der Waals surface area contributed by atoms with Crippen LogP contribution in [-0.2, 0) is 11.2 Å². The summed E-state index contributed by atoms with van der Waals surface area (Å²) in [5.74, 6) is 0.205. The highest BCUT2D eigenvalue weighted by atomic mass is 16.3. The minimum absolute atomic E-state index is 0.00589. The first-order chi connectivity index (χ1) is 9.13. The van der Waals surface area contributed by atoms with Gasteiger partial charge in [0.15, 0.2) is 0 Å². The van der Waals surface area contributed by atoms with Crippen LogP contribution in [0.15, 0.2) is 24.3 Å². The molecule has 1 aliphatic carbocycles. The van der Waals surface area contributed by atoms with Gasteiger partial charge in [-0.2, -0.15) is 0 Å². The van der Waals surface area contributed by atoms with Crippen molar-refractivity contribution >= 4 is 5.91 Å². The minimum atomic E-state index is -0.635. The lowest BCUT2D eigenvalue weighted by atomic mass is 9.80. The van der Waals surface area contributed by atoms with Crippen molar-refractivity contribution in [3.8, 4) is 0 Å². The van der Waals surface area contributed by atoms with Gasteiger partial charge in [-0.3, -0.25) is 4.79 Å². The molecule has 0 bridgehead atoms. The van der Waals surface area contributed by atoms with E-state index in [9.17, 15) is 9.90 Å². The van der Waals surface area contributed by atoms with Gasteiger partial charge in [0, 0.05) is 0 Å². The standard InChI is InChI=1S/C16H21NO2/c1-2-16(19)10-17(11-16)15(18)14-9-5-7-12-6-3-4-8-13(12)14/h3-4,6,8,14,19H,2,5,7,9-11H2,1H3. The van der Waals surface area contributed by atoms with Crippen LogP contribution in [0, 0.1) is 0 Å². The smallest absolute Gasteiger partial charge is 0.230 e. The number of amides is 1. The summed E-state index contributed by atoms with van der Waals surface area (Å²) in [6.07, 6.45) is 3.83. The van der Waals surface area contributed by atoms with Crippen LogP contribution in [0.4, 0.5) is 0 Å². The zero-order chi connectivity index (χ0) is 13.5. The molecular formula is C16H21NO2. The Morgan fingerprint density at radius 1 is 1.42 bits per heavy atom. The fourth-order valence-electron chi connectivity index (χ4n) is 3.27. The number of β-amino-alcohol motifs (C(OH)–C–C–N with tert-alkyl or cyclic N) is 1. The molecule has 19 heavy (non-hydrogen) atoms. The molecule has 3 nitrogen and oxygen atoms in total. The molecular weight excluding hydrogens is 238 g/mol. The number of carbonyl (C=O) groups excluding carboxylic acids is 1. The molecule has 1 saturated heterocycles. The predicted octanol–water partition coefficient (Wildman–Crippen LogP) is 2.09. The van der Waals surface area contributed by atoms with Crippen molar-refractivity contribution in [2.45, 2.75) is 44.1 Å². The first kappa shape index (κ1) is 12.7. The van der Waals surface area contributed by atoms with Gasteiger partial charge in [0.25, 0.3) is 0 Å². The van der Waals surface area contributed by atoms with E-state index in [1.807, 2.05) is 24.0 Å². The summed E-state index contributed by atoms with van der Waals surface area (Å²) in [7, 11) is 0. The molecule has 1 atom stereocenters. The molecule has 1 amide bonds. The van der Waals surface area contributed by atoms with Crippen molar-refractivity contribution < 1.29 is 9.90 Å². The number of rotatable bonds is 2. The third kappa shape index (κ3) is 2.16. The Labute approximate surface area is 114 Å². The number of carbonyl (C=O) groups is 1. The molecule has 2 aliphatic rings. The maximum atomic E-state index is 12.6. The predicted molar refractivity (Wildman–Crippen MR) is 73.9 cm³/mol. The second-order valence-electron chi connectivity index (χ2n) is 5.92. The van der Waals surface area contributed by atoms with Gasteiger partial charge in [-0.15, -0.1) is 0 Å². The van der Waals surface area contributed by atoms with Gasteiger partial charge in [-0.05, 0) is 36.8 Å². The van der Waals surface area contributed by atoms with Gasteiger partial charge >= 0.3 is 0 Å². The van der Waals surface area contributed by atoms with Crippen molar-refractivity contribution in [1.29, 1.82) is 0 Å². The molecule has 1 unspecified atom stereocenters. The van der Waals surface area contributed by atoms with Crippen molar-refractivity contribution in [2.75, 3.05) is 13.1 Å². The van der Waals surface area contributed by atoms with Crippen LogP contribution < -0.4 is 0 Å². The average molecular weight is 259 g/mol. The normalized spacial score (nSPS) is 24.5. The molecule has 0 radical (unpaired) electrons. The molecule has 1 aromatic rings. The van der Waals surface area contributed by atoms with Gasteiger partial charge in [0.05, 0.1) is 24.6 Å². The van der Waals surface area contributed by atoms with Crippen LogP contribution >= 0.6 is 0 Å². The Hall–Kier alpha value is -1.35. The zero-order valence-corrected chi connectivity index (χ0v) is 11.4. The summed E-state index contributed by atoms with van der Waals surface area (Å²) in [6.45, 7) is 2.97. The van der Waals surface area contributed by atoms with E-state index in [1.54, 1.807) is 0 Å². The number of hydrogen-bond donors (Lipinski definition) is 1. The first-order valence-electron chi connectivity index (χ1n) is 7.22. The highest BCUT2D eigenvalue weighted by Crippen LogP contribution is 2.35. The molecule has 1 heterocycles. The summed E-state index contributed by atoms with van der Waals surface area (Å²) >= 11 is 0. The summed E-state index contributed by atoms with van der Waals surface area (Å²) in [4.78, 5) is 14.4. The number of nitrogens with zero attached hydrogens (tertiary/aromatic N) is 1. The lowest BCUT2D eigenvalue weighted by Gasteiger charge is -2.47. The second kappa shape index (κ2) is 4.64. The zero-order valence-electron chi connectivity index (χ0n) is 11.4. The summed E-state index contributed by atoms with van der Waals surface area (Å²) in [5.41, 5.74) is 1.88. The number of hydrogen-bond acceptors (Lipinski definition) is 2. The van der Waals surface area contributed by atoms with Crippen LogP contribution in [0.25, 0.3) is 0 Å². The Morgan fingerprint density at radius 3 is 2.89 bits per heavy atom. The van der Waals surface area contributed by atoms with Gasteiger partial charge in [-0.1, -0.05) is 31.2 Å². The lowest BCUT2D eigenvalue weighted by molar-refractivity contribution is -0.157. The third-order valence-corrected chi connectivity index (χ3v) is 4.61. The molecule has 3 heteroatoms. The van der Waals surface area contributed by atoms with Crippen LogP contribution in [-0.4, -0.2) is 34.6 Å². The molecule has 0 spiro atoms. The summed E-state index contributed by atoms with van der Waals surface area (Å²) in [6, 6.07) is 8.28. The molecule has 1 fully saturated rings. The summed E-state index contributed by atoms with van der Waals surface area (Å²) in [5, 5.41) is 10.0. The number of benzene rings is 1. The monoisotopic (exact) mass is 259 g/mol. The number of aliphatic hydroxyl groups is 1. The Balaban J connectivity index is 1.76. The first-order valence-corrected chi connectivity index (χ1v) is 7.22. The van der Waals surface area contributed by atoms with Crippen molar-refractivity contribution in [1.82, 2.24) is 4.90 Å². The number of aryl methyl sites for hydroxylation is 1. The van der Waals surface area contributed by atoms with Crippen molar-refractivity contribution in [3.63, 3.8) is 0 Å². The van der Waals surface area contributed by atoms with Crippen molar-refractivity contribution in [2.24, 2.45) is 0 Å². The Morgan fingerprint density at radius 2 is 2.16 bits per heavy atom. The van der Waals surface area contributed by atoms with Crippen LogP contribution in [0.3, 0.4) is 0 Å². The highest BCUT2D eigenvalue weighted by molar-refractivity contribution is 5.85. The maximum Gasteiger partial charge on any atom is 0.230 e. The van der Waals surface area contributed by atoms with Gasteiger partial charge in [0.1, 0.15) is 0 Å².